The van der Waals surface area contributed by atoms with Gasteiger partial charge in [0.15, 0.2) is 0 Å². The van der Waals surface area contributed by atoms with Gasteiger partial charge in [-0.3, -0.25) is 0 Å². The Balaban J connectivity index is 3.39. The molecule has 0 N–H and O–H groups in total. The Kier molecular flexibility index (Phi) is 3.22. The van der Waals surface area contributed by atoms with Crippen molar-refractivity contribution in [3.05, 3.63) is 0 Å². The molecule has 0 amide bonds. The van der Waals surface area contributed by atoms with Gasteiger partial charge in [0.05, 0.1) is 8.46 Å². The Labute approximate surface area is 56.3 Å². The lowest BCUT2D eigenvalue weighted by molar-refractivity contribution is 0.801. The predicted molar refractivity (Wildman–Crippen MR) is 46.9 cm³/mol. The maximum atomic E-state index is 2.42. The summed E-state index contributed by atoms with van der Waals surface area (Å²) >= 11 is 0. The lowest BCUT2D eigenvalue weighted by Crippen LogP contribution is -2.10. The summed E-state index contributed by atoms with van der Waals surface area (Å²) in [7, 11) is 0.969. The van der Waals surface area contributed by atoms with E-state index in [2.05, 4.69) is 33.9 Å². The van der Waals surface area contributed by atoms with Gasteiger partial charge in [-0.25, -0.2) is 0 Å². The molecule has 2 heteroatoms. The topological polar surface area (TPSA) is 0 Å². The standard InChI is InChI=1S/C6H17PSi/c1-6(2,3)7-8(4)5/h7-8H,1-5H3. The van der Waals surface area contributed by atoms with Gasteiger partial charge in [-0.15, -0.1) is 8.13 Å². The average Bonchev–Trinajstić information content (AvgIpc) is 1.21. The van der Waals surface area contributed by atoms with E-state index in [-0.39, 0.29) is 8.46 Å². The predicted octanol–water partition coefficient (Wildman–Crippen LogP) is 2.45. The molecule has 0 aromatic rings. The van der Waals surface area contributed by atoms with Crippen LogP contribution in [0, 0.1) is 0 Å². The van der Waals surface area contributed by atoms with Gasteiger partial charge in [0.2, 0.25) is 0 Å². The van der Waals surface area contributed by atoms with Gasteiger partial charge in [0.1, 0.15) is 0 Å². The van der Waals surface area contributed by atoms with Gasteiger partial charge in [-0.1, -0.05) is 33.9 Å². The third-order valence-corrected chi connectivity index (χ3v) is 6.50. The van der Waals surface area contributed by atoms with Crippen LogP contribution >= 0.6 is 8.13 Å². The Bertz CT molecular complexity index is 63.4. The van der Waals surface area contributed by atoms with E-state index in [4.69, 9.17) is 0 Å². The van der Waals surface area contributed by atoms with E-state index in [1.54, 1.807) is 0 Å². The molecule has 0 aromatic carbocycles. The Hall–Kier alpha value is 0.647. The molecule has 0 fully saturated rings. The van der Waals surface area contributed by atoms with Crippen LogP contribution in [-0.4, -0.2) is 13.6 Å². The highest BCUT2D eigenvalue weighted by atomic mass is 31.3. The van der Waals surface area contributed by atoms with E-state index in [9.17, 15) is 0 Å². The van der Waals surface area contributed by atoms with Gasteiger partial charge < -0.3 is 0 Å². The molecule has 0 radical (unpaired) electrons. The number of hydrogen-bond acceptors (Lipinski definition) is 0. The monoisotopic (exact) mass is 148 g/mol. The van der Waals surface area contributed by atoms with E-state index in [1.165, 1.54) is 8.13 Å². The van der Waals surface area contributed by atoms with Crippen molar-refractivity contribution >= 4 is 16.6 Å². The van der Waals surface area contributed by atoms with Crippen LogP contribution in [0.15, 0.2) is 0 Å². The second-order valence-corrected chi connectivity index (χ2v) is 12.0. The third-order valence-electron chi connectivity index (χ3n) is 0.722. The van der Waals surface area contributed by atoms with Crippen molar-refractivity contribution in [2.45, 2.75) is 39.0 Å². The van der Waals surface area contributed by atoms with Crippen LogP contribution in [-0.2, 0) is 0 Å². The van der Waals surface area contributed by atoms with Crippen LogP contribution in [0.5, 0.6) is 0 Å². The minimum absolute atomic E-state index is 0.268. The van der Waals surface area contributed by atoms with Gasteiger partial charge >= 0.3 is 0 Å². The minimum atomic E-state index is -0.268. The molecule has 0 aliphatic rings. The fraction of sp³-hybridized carbons (Fsp3) is 1.00. The molecule has 0 saturated carbocycles. The van der Waals surface area contributed by atoms with Crippen LogP contribution in [0.3, 0.4) is 0 Å². The van der Waals surface area contributed by atoms with Gasteiger partial charge in [-0.05, 0) is 5.16 Å². The highest BCUT2D eigenvalue weighted by Crippen LogP contribution is 2.32. The summed E-state index contributed by atoms with van der Waals surface area (Å²) in [5.74, 6) is 0. The maximum absolute atomic E-state index is 2.42. The lowest BCUT2D eigenvalue weighted by Gasteiger charge is -2.19. The molecule has 1 atom stereocenters. The first-order valence-electron chi connectivity index (χ1n) is 3.19. The van der Waals surface area contributed by atoms with Crippen LogP contribution < -0.4 is 0 Å². The second-order valence-electron chi connectivity index (χ2n) is 3.55. The summed E-state index contributed by atoms with van der Waals surface area (Å²) in [5, 5.41) is 0.611. The first kappa shape index (κ1) is 8.65. The molecule has 0 bridgehead atoms. The zero-order chi connectivity index (χ0) is 6.78. The molecular formula is C6H17PSi. The molecule has 0 saturated heterocycles. The molecule has 50 valence electrons. The molecule has 0 aliphatic carbocycles. The minimum Gasteiger partial charge on any atom is -0.131 e. The van der Waals surface area contributed by atoms with E-state index in [0.717, 1.165) is 0 Å². The largest absolute Gasteiger partial charge is 0.131 e. The SMILES string of the molecule is C[SiH](C)PC(C)(C)C. The van der Waals surface area contributed by atoms with E-state index >= 15 is 0 Å². The van der Waals surface area contributed by atoms with E-state index in [1.807, 2.05) is 0 Å². The van der Waals surface area contributed by atoms with Crippen LogP contribution in [0.4, 0.5) is 0 Å². The molecule has 1 unspecified atom stereocenters. The fourth-order valence-corrected chi connectivity index (χ4v) is 7.79. The smallest absolute Gasteiger partial charge is 0.0560 e. The number of rotatable bonds is 1. The Morgan fingerprint density at radius 1 is 1.12 bits per heavy atom. The van der Waals surface area contributed by atoms with Gasteiger partial charge in [0.25, 0.3) is 0 Å². The maximum Gasteiger partial charge on any atom is 0.0560 e. The fourth-order valence-electron chi connectivity index (χ4n) is 0.866. The zero-order valence-electron chi connectivity index (χ0n) is 6.58. The Morgan fingerprint density at radius 2 is 1.50 bits per heavy atom. The van der Waals surface area contributed by atoms with Crippen molar-refractivity contribution in [1.82, 2.24) is 0 Å². The quantitative estimate of drug-likeness (QED) is 0.396. The average molecular weight is 148 g/mol. The molecule has 0 aromatic heterocycles. The van der Waals surface area contributed by atoms with E-state index < -0.39 is 0 Å². The summed E-state index contributed by atoms with van der Waals surface area (Å²) in [6.07, 6.45) is 0. The summed E-state index contributed by atoms with van der Waals surface area (Å²) in [5.41, 5.74) is 0. The lowest BCUT2D eigenvalue weighted by atomic mass is 10.3. The first-order valence-corrected chi connectivity index (χ1v) is 8.31. The molecule has 0 rings (SSSR count). The molecule has 0 nitrogen and oxygen atoms in total. The van der Waals surface area contributed by atoms with Crippen molar-refractivity contribution < 1.29 is 0 Å². The third kappa shape index (κ3) is 6.65. The molecule has 0 spiro atoms. The summed E-state index contributed by atoms with van der Waals surface area (Å²) in [6.45, 7) is 11.8. The van der Waals surface area contributed by atoms with Crippen molar-refractivity contribution in [1.29, 1.82) is 0 Å². The van der Waals surface area contributed by atoms with Crippen LogP contribution in [0.2, 0.25) is 13.1 Å². The normalized spacial score (nSPS) is 14.2. The number of hydrogen-bond donors (Lipinski definition) is 0. The Morgan fingerprint density at radius 3 is 1.50 bits per heavy atom. The summed E-state index contributed by atoms with van der Waals surface area (Å²) in [4.78, 5) is 0. The van der Waals surface area contributed by atoms with Gasteiger partial charge in [0, 0.05) is 0 Å². The van der Waals surface area contributed by atoms with Crippen LogP contribution in [0.1, 0.15) is 20.8 Å². The van der Waals surface area contributed by atoms with Gasteiger partial charge in [-0.2, -0.15) is 0 Å². The zero-order valence-corrected chi connectivity index (χ0v) is 8.73. The second kappa shape index (κ2) is 2.98. The summed E-state index contributed by atoms with van der Waals surface area (Å²) < 4.78 is 0. The highest BCUT2D eigenvalue weighted by Gasteiger charge is 2.11. The first-order chi connectivity index (χ1) is 3.42. The molecule has 8 heavy (non-hydrogen) atoms. The van der Waals surface area contributed by atoms with Crippen molar-refractivity contribution in [3.8, 4) is 0 Å². The molecular weight excluding hydrogens is 131 g/mol. The van der Waals surface area contributed by atoms with E-state index in [0.29, 0.717) is 5.16 Å². The molecule has 0 aliphatic heterocycles. The van der Waals surface area contributed by atoms with Crippen LogP contribution in [0.25, 0.3) is 0 Å². The van der Waals surface area contributed by atoms with Crippen molar-refractivity contribution in [2.75, 3.05) is 0 Å². The molecule has 0 heterocycles. The highest BCUT2D eigenvalue weighted by molar-refractivity contribution is 7.76. The summed E-state index contributed by atoms with van der Waals surface area (Å²) in [6, 6.07) is 0. The van der Waals surface area contributed by atoms with Crippen molar-refractivity contribution in [3.63, 3.8) is 0 Å². The van der Waals surface area contributed by atoms with Crippen molar-refractivity contribution in [2.24, 2.45) is 0 Å².